The highest BCUT2D eigenvalue weighted by atomic mass is 32.2. The number of anilines is 2. The first-order chi connectivity index (χ1) is 14.3. The molecule has 2 bridgehead atoms. The summed E-state index contributed by atoms with van der Waals surface area (Å²) in [6.45, 7) is 10.5. The number of likely N-dealkylation sites (tertiary alicyclic amines) is 1. The smallest absolute Gasteiger partial charge is 0.233 e. The number of fused-ring (bicyclic) bond motifs is 2. The van der Waals surface area contributed by atoms with Crippen LogP contribution in [0.3, 0.4) is 0 Å². The summed E-state index contributed by atoms with van der Waals surface area (Å²) in [6.07, 6.45) is 3.44. The topological polar surface area (TPSA) is 67.3 Å². The number of hydrogen-bond donors (Lipinski definition) is 1. The summed E-state index contributed by atoms with van der Waals surface area (Å²) >= 11 is 2.94. The summed E-state index contributed by atoms with van der Waals surface area (Å²) in [5.74, 6) is 1.42. The van der Waals surface area contributed by atoms with Crippen molar-refractivity contribution in [1.29, 1.82) is 0 Å². The van der Waals surface area contributed by atoms with Gasteiger partial charge in [0.15, 0.2) is 4.34 Å². The standard InChI is InChI=1S/C22H30N4O2S2/c1-5-28-17-9-7-6-8-16(17)23-19-24-25-20(30-19)29-12-18(27)26-14-22(4)11-15(26)10-21(2,3)13-22/h6-9,15H,5,10-14H2,1-4H3,(H,23,24)/t15-,22-/m1/s1. The highest BCUT2D eigenvalue weighted by molar-refractivity contribution is 8.01. The van der Waals surface area contributed by atoms with Gasteiger partial charge in [-0.05, 0) is 49.1 Å². The Hall–Kier alpha value is -1.80. The van der Waals surface area contributed by atoms with Crippen LogP contribution in [0.15, 0.2) is 28.6 Å². The number of aromatic nitrogens is 2. The number of para-hydroxylation sites is 2. The second kappa shape index (κ2) is 8.38. The Labute approximate surface area is 186 Å². The largest absolute Gasteiger partial charge is 0.492 e. The number of ether oxygens (including phenoxy) is 1. The number of amides is 1. The molecule has 162 valence electrons. The third-order valence-corrected chi connectivity index (χ3v) is 7.85. The van der Waals surface area contributed by atoms with Crippen molar-refractivity contribution in [2.45, 2.75) is 57.3 Å². The average molecular weight is 447 g/mol. The van der Waals surface area contributed by atoms with Crippen LogP contribution in [0.5, 0.6) is 5.75 Å². The third kappa shape index (κ3) is 4.75. The molecule has 1 N–H and O–H groups in total. The van der Waals surface area contributed by atoms with Crippen LogP contribution in [0.25, 0.3) is 0 Å². The Morgan fingerprint density at radius 3 is 2.90 bits per heavy atom. The molecule has 30 heavy (non-hydrogen) atoms. The van der Waals surface area contributed by atoms with Crippen LogP contribution in [-0.2, 0) is 4.79 Å². The van der Waals surface area contributed by atoms with Crippen LogP contribution in [0.4, 0.5) is 10.8 Å². The summed E-state index contributed by atoms with van der Waals surface area (Å²) in [6, 6.07) is 8.16. The van der Waals surface area contributed by atoms with Crippen molar-refractivity contribution < 1.29 is 9.53 Å². The van der Waals surface area contributed by atoms with Gasteiger partial charge in [-0.25, -0.2) is 0 Å². The molecule has 1 aromatic heterocycles. The van der Waals surface area contributed by atoms with Gasteiger partial charge in [0.05, 0.1) is 18.0 Å². The zero-order chi connectivity index (χ0) is 21.4. The fraction of sp³-hybridized carbons (Fsp3) is 0.591. The highest BCUT2D eigenvalue weighted by Crippen LogP contribution is 2.52. The molecule has 0 spiro atoms. The van der Waals surface area contributed by atoms with Gasteiger partial charge in [-0.3, -0.25) is 4.79 Å². The zero-order valence-corrected chi connectivity index (χ0v) is 19.7. The third-order valence-electron chi connectivity index (χ3n) is 5.89. The summed E-state index contributed by atoms with van der Waals surface area (Å²) in [5, 5.41) is 12.4. The van der Waals surface area contributed by atoms with E-state index < -0.39 is 0 Å². The molecule has 1 aliphatic heterocycles. The minimum absolute atomic E-state index is 0.220. The molecule has 2 atom stereocenters. The summed E-state index contributed by atoms with van der Waals surface area (Å²) < 4.78 is 6.45. The molecule has 1 aromatic carbocycles. The summed E-state index contributed by atoms with van der Waals surface area (Å²) in [7, 11) is 0. The van der Waals surface area contributed by atoms with Crippen molar-refractivity contribution >= 4 is 39.8 Å². The molecule has 1 aliphatic carbocycles. The summed E-state index contributed by atoms with van der Waals surface area (Å²) in [5.41, 5.74) is 1.45. The Morgan fingerprint density at radius 2 is 2.10 bits per heavy atom. The lowest BCUT2D eigenvalue weighted by Gasteiger charge is -2.39. The normalized spacial score (nSPS) is 24.7. The van der Waals surface area contributed by atoms with Crippen molar-refractivity contribution in [2.24, 2.45) is 10.8 Å². The molecular weight excluding hydrogens is 416 g/mol. The monoisotopic (exact) mass is 446 g/mol. The number of thioether (sulfide) groups is 1. The van der Waals surface area contributed by atoms with Gasteiger partial charge in [0.2, 0.25) is 11.0 Å². The molecule has 1 saturated heterocycles. The van der Waals surface area contributed by atoms with Crippen LogP contribution < -0.4 is 10.1 Å². The number of rotatable bonds is 7. The van der Waals surface area contributed by atoms with Crippen LogP contribution in [0.1, 0.15) is 47.0 Å². The van der Waals surface area contributed by atoms with E-state index in [0.717, 1.165) is 35.2 Å². The first kappa shape index (κ1) is 21.4. The molecule has 1 saturated carbocycles. The minimum Gasteiger partial charge on any atom is -0.492 e. The van der Waals surface area contributed by atoms with E-state index in [1.54, 1.807) is 0 Å². The van der Waals surface area contributed by atoms with Gasteiger partial charge >= 0.3 is 0 Å². The first-order valence-electron chi connectivity index (χ1n) is 10.5. The number of nitrogens with zero attached hydrogens (tertiary/aromatic N) is 3. The second-order valence-corrected chi connectivity index (χ2v) is 11.7. The van der Waals surface area contributed by atoms with E-state index >= 15 is 0 Å². The SMILES string of the molecule is CCOc1ccccc1Nc1nnc(SCC(=O)N2C[C@]3(C)C[C@H]2CC(C)(C)C3)s1. The van der Waals surface area contributed by atoms with E-state index in [2.05, 4.69) is 41.2 Å². The maximum absolute atomic E-state index is 13.0. The average Bonchev–Trinajstić information content (AvgIpc) is 3.22. The van der Waals surface area contributed by atoms with Gasteiger partial charge in [-0.1, -0.05) is 56.0 Å². The lowest BCUT2D eigenvalue weighted by atomic mass is 9.65. The molecule has 0 unspecified atom stereocenters. The maximum atomic E-state index is 13.0. The summed E-state index contributed by atoms with van der Waals surface area (Å²) in [4.78, 5) is 15.1. The molecule has 2 aliphatic rings. The lowest BCUT2D eigenvalue weighted by molar-refractivity contribution is -0.129. The first-order valence-corrected chi connectivity index (χ1v) is 12.3. The number of nitrogens with one attached hydrogen (secondary N) is 1. The van der Waals surface area contributed by atoms with E-state index in [4.69, 9.17) is 4.74 Å². The van der Waals surface area contributed by atoms with E-state index in [-0.39, 0.29) is 11.3 Å². The molecule has 8 heteroatoms. The van der Waals surface area contributed by atoms with Crippen molar-refractivity contribution in [3.8, 4) is 5.75 Å². The molecule has 2 heterocycles. The van der Waals surface area contributed by atoms with Crippen molar-refractivity contribution in [3.63, 3.8) is 0 Å². The molecule has 4 rings (SSSR count). The molecule has 6 nitrogen and oxygen atoms in total. The van der Waals surface area contributed by atoms with E-state index in [1.165, 1.54) is 29.5 Å². The number of hydrogen-bond acceptors (Lipinski definition) is 7. The predicted molar refractivity (Wildman–Crippen MR) is 123 cm³/mol. The van der Waals surface area contributed by atoms with E-state index in [9.17, 15) is 4.79 Å². The van der Waals surface area contributed by atoms with Gasteiger partial charge in [-0.15, -0.1) is 10.2 Å². The Bertz CT molecular complexity index is 916. The lowest BCUT2D eigenvalue weighted by Crippen LogP contribution is -2.38. The molecule has 2 fully saturated rings. The Kier molecular flexibility index (Phi) is 5.99. The predicted octanol–water partition coefficient (Wildman–Crippen LogP) is 5.20. The van der Waals surface area contributed by atoms with Crippen molar-refractivity contribution in [3.05, 3.63) is 24.3 Å². The van der Waals surface area contributed by atoms with E-state index in [0.29, 0.717) is 28.9 Å². The molecule has 2 aromatic rings. The highest BCUT2D eigenvalue weighted by Gasteiger charge is 2.50. The fourth-order valence-electron chi connectivity index (χ4n) is 5.24. The second-order valence-electron chi connectivity index (χ2n) is 9.45. The van der Waals surface area contributed by atoms with Gasteiger partial charge in [0.25, 0.3) is 0 Å². The zero-order valence-electron chi connectivity index (χ0n) is 18.1. The van der Waals surface area contributed by atoms with Crippen molar-refractivity contribution in [2.75, 3.05) is 24.2 Å². The molecule has 0 radical (unpaired) electrons. The minimum atomic E-state index is 0.220. The van der Waals surface area contributed by atoms with E-state index in [1.807, 2.05) is 31.2 Å². The van der Waals surface area contributed by atoms with Crippen LogP contribution in [0, 0.1) is 10.8 Å². The van der Waals surface area contributed by atoms with Crippen LogP contribution in [0.2, 0.25) is 0 Å². The number of benzene rings is 1. The molecular formula is C22H30N4O2S2. The Morgan fingerprint density at radius 1 is 1.30 bits per heavy atom. The van der Waals surface area contributed by atoms with Gasteiger partial charge < -0.3 is 15.0 Å². The van der Waals surface area contributed by atoms with Gasteiger partial charge in [-0.2, -0.15) is 0 Å². The van der Waals surface area contributed by atoms with Crippen molar-refractivity contribution in [1.82, 2.24) is 15.1 Å². The Balaban J connectivity index is 1.35. The maximum Gasteiger partial charge on any atom is 0.233 e. The number of carbonyl (C=O) groups excluding carboxylic acids is 1. The van der Waals surface area contributed by atoms with Gasteiger partial charge in [0, 0.05) is 12.6 Å². The van der Waals surface area contributed by atoms with Crippen LogP contribution in [-0.4, -0.2) is 46.0 Å². The fourth-order valence-corrected chi connectivity index (χ4v) is 6.89. The van der Waals surface area contributed by atoms with Gasteiger partial charge in [0.1, 0.15) is 5.75 Å². The molecule has 1 amide bonds. The number of carbonyl (C=O) groups is 1. The van der Waals surface area contributed by atoms with Crippen LogP contribution >= 0.6 is 23.1 Å². The quantitative estimate of drug-likeness (QED) is 0.590.